The number of carbonyl (C=O) groups excluding carboxylic acids is 1. The molecule has 1 aromatic carbocycles. The molecule has 1 amide bonds. The van der Waals surface area contributed by atoms with Crippen LogP contribution in [0.25, 0.3) is 0 Å². The van der Waals surface area contributed by atoms with Crippen molar-refractivity contribution >= 4 is 29.9 Å². The maximum absolute atomic E-state index is 12.4. The Kier molecular flexibility index (Phi) is 4.62. The molecule has 1 unspecified atom stereocenters. The van der Waals surface area contributed by atoms with Crippen LogP contribution in [0.4, 0.5) is 0 Å². The predicted octanol–water partition coefficient (Wildman–Crippen LogP) is 1.91. The number of nitrogens with zero attached hydrogens (tertiary/aromatic N) is 1. The third kappa shape index (κ3) is 2.66. The largest absolute Gasteiger partial charge is 0.454 e. The quantitative estimate of drug-likeness (QED) is 0.904. The molecule has 0 radical (unpaired) electrons. The number of halogens is 2. The molecule has 0 spiro atoms. The van der Waals surface area contributed by atoms with Crippen molar-refractivity contribution in [2.24, 2.45) is 11.7 Å². The average molecular weight is 319 g/mol. The highest BCUT2D eigenvalue weighted by Gasteiger charge is 2.28. The highest BCUT2D eigenvalue weighted by molar-refractivity contribution is 6.32. The van der Waals surface area contributed by atoms with Crippen molar-refractivity contribution in [3.05, 3.63) is 22.7 Å². The van der Waals surface area contributed by atoms with Crippen LogP contribution in [0.5, 0.6) is 11.5 Å². The fourth-order valence-electron chi connectivity index (χ4n) is 2.48. The van der Waals surface area contributed by atoms with Crippen LogP contribution in [0.3, 0.4) is 0 Å². The molecule has 2 heterocycles. The zero-order chi connectivity index (χ0) is 13.4. The average Bonchev–Trinajstić information content (AvgIpc) is 3.06. The van der Waals surface area contributed by atoms with Crippen molar-refractivity contribution in [3.63, 3.8) is 0 Å². The Labute approximate surface area is 128 Å². The zero-order valence-electron chi connectivity index (χ0n) is 10.8. The summed E-state index contributed by atoms with van der Waals surface area (Å²) in [7, 11) is 0. The molecule has 0 saturated carbocycles. The van der Waals surface area contributed by atoms with E-state index in [1.807, 2.05) is 4.90 Å². The Morgan fingerprint density at radius 3 is 2.95 bits per heavy atom. The topological polar surface area (TPSA) is 64.8 Å². The SMILES string of the molecule is Cl.NCC1CCN(C(=O)c2cc(Cl)c3c(c2)OCO3)C1. The van der Waals surface area contributed by atoms with Gasteiger partial charge >= 0.3 is 0 Å². The maximum atomic E-state index is 12.4. The van der Waals surface area contributed by atoms with Crippen LogP contribution in [0.2, 0.25) is 5.02 Å². The lowest BCUT2D eigenvalue weighted by Crippen LogP contribution is -2.29. The molecular weight excluding hydrogens is 303 g/mol. The highest BCUT2D eigenvalue weighted by atomic mass is 35.5. The summed E-state index contributed by atoms with van der Waals surface area (Å²) in [5, 5.41) is 0.410. The van der Waals surface area contributed by atoms with Crippen molar-refractivity contribution in [1.29, 1.82) is 0 Å². The number of ether oxygens (including phenoxy) is 2. The number of nitrogens with two attached hydrogens (primary N) is 1. The summed E-state index contributed by atoms with van der Waals surface area (Å²) in [5.41, 5.74) is 6.17. The van der Waals surface area contributed by atoms with Gasteiger partial charge in [0.1, 0.15) is 0 Å². The first kappa shape index (κ1) is 15.2. The van der Waals surface area contributed by atoms with Crippen molar-refractivity contribution in [3.8, 4) is 11.5 Å². The second kappa shape index (κ2) is 6.08. The molecule has 2 N–H and O–H groups in total. The predicted molar refractivity (Wildman–Crippen MR) is 77.9 cm³/mol. The van der Waals surface area contributed by atoms with Gasteiger partial charge in [-0.25, -0.2) is 0 Å². The standard InChI is InChI=1S/C13H15ClN2O3.ClH/c14-10-3-9(4-11-12(10)19-7-18-11)13(17)16-2-1-8(5-15)6-16;/h3-4,8H,1-2,5-7,15H2;1H. The van der Waals surface area contributed by atoms with E-state index in [-0.39, 0.29) is 25.1 Å². The van der Waals surface area contributed by atoms with Crippen LogP contribution >= 0.6 is 24.0 Å². The van der Waals surface area contributed by atoms with Gasteiger partial charge in [0, 0.05) is 18.7 Å². The van der Waals surface area contributed by atoms with Gasteiger partial charge in [0.15, 0.2) is 11.5 Å². The van der Waals surface area contributed by atoms with Crippen LogP contribution in [0.1, 0.15) is 16.8 Å². The third-order valence-electron chi connectivity index (χ3n) is 3.58. The van der Waals surface area contributed by atoms with E-state index >= 15 is 0 Å². The summed E-state index contributed by atoms with van der Waals surface area (Å²) in [6, 6.07) is 3.32. The fourth-order valence-corrected chi connectivity index (χ4v) is 2.75. The number of carbonyl (C=O) groups is 1. The second-order valence-electron chi connectivity index (χ2n) is 4.83. The van der Waals surface area contributed by atoms with E-state index in [1.165, 1.54) is 0 Å². The molecule has 2 aliphatic rings. The van der Waals surface area contributed by atoms with E-state index in [4.69, 9.17) is 26.8 Å². The zero-order valence-corrected chi connectivity index (χ0v) is 12.4. The van der Waals surface area contributed by atoms with E-state index in [9.17, 15) is 4.79 Å². The van der Waals surface area contributed by atoms with Crippen LogP contribution in [-0.4, -0.2) is 37.2 Å². The van der Waals surface area contributed by atoms with Gasteiger partial charge in [0.2, 0.25) is 6.79 Å². The van der Waals surface area contributed by atoms with Crippen LogP contribution in [0.15, 0.2) is 12.1 Å². The van der Waals surface area contributed by atoms with Crippen molar-refractivity contribution in [2.75, 3.05) is 26.4 Å². The minimum absolute atomic E-state index is 0. The number of hydrogen-bond acceptors (Lipinski definition) is 4. The third-order valence-corrected chi connectivity index (χ3v) is 3.86. The number of fused-ring (bicyclic) bond motifs is 1. The molecule has 0 aliphatic carbocycles. The maximum Gasteiger partial charge on any atom is 0.254 e. The van der Waals surface area contributed by atoms with Gasteiger partial charge < -0.3 is 20.1 Å². The molecule has 0 aromatic heterocycles. The summed E-state index contributed by atoms with van der Waals surface area (Å²) in [6.45, 7) is 2.21. The van der Waals surface area contributed by atoms with Crippen LogP contribution in [0, 0.1) is 5.92 Å². The summed E-state index contributed by atoms with van der Waals surface area (Å²) >= 11 is 6.09. The lowest BCUT2D eigenvalue weighted by atomic mass is 10.1. The molecule has 2 aliphatic heterocycles. The smallest absolute Gasteiger partial charge is 0.254 e. The summed E-state index contributed by atoms with van der Waals surface area (Å²) < 4.78 is 10.5. The van der Waals surface area contributed by atoms with Gasteiger partial charge in [-0.1, -0.05) is 11.6 Å². The van der Waals surface area contributed by atoms with Crippen molar-refractivity contribution in [1.82, 2.24) is 4.90 Å². The van der Waals surface area contributed by atoms with Gasteiger partial charge in [-0.15, -0.1) is 12.4 Å². The number of likely N-dealkylation sites (tertiary alicyclic amines) is 1. The summed E-state index contributed by atoms with van der Waals surface area (Å²) in [4.78, 5) is 14.2. The fraction of sp³-hybridized carbons (Fsp3) is 0.462. The molecule has 5 nitrogen and oxygen atoms in total. The number of rotatable bonds is 2. The van der Waals surface area contributed by atoms with Gasteiger partial charge in [0.05, 0.1) is 5.02 Å². The Bertz CT molecular complexity index is 525. The first-order valence-electron chi connectivity index (χ1n) is 6.27. The second-order valence-corrected chi connectivity index (χ2v) is 5.24. The van der Waals surface area contributed by atoms with Gasteiger partial charge in [-0.05, 0) is 31.0 Å². The van der Waals surface area contributed by atoms with Gasteiger partial charge in [0.25, 0.3) is 5.91 Å². The molecule has 20 heavy (non-hydrogen) atoms. The minimum atomic E-state index is -0.0313. The molecule has 110 valence electrons. The van der Waals surface area contributed by atoms with Gasteiger partial charge in [-0.3, -0.25) is 4.79 Å². The molecule has 3 rings (SSSR count). The number of amides is 1. The molecule has 0 bridgehead atoms. The molecule has 7 heteroatoms. The lowest BCUT2D eigenvalue weighted by molar-refractivity contribution is 0.0787. The Balaban J connectivity index is 0.00000147. The van der Waals surface area contributed by atoms with Crippen molar-refractivity contribution in [2.45, 2.75) is 6.42 Å². The molecule has 1 atom stereocenters. The van der Waals surface area contributed by atoms with E-state index in [0.29, 0.717) is 41.1 Å². The van der Waals surface area contributed by atoms with Crippen LogP contribution < -0.4 is 15.2 Å². The lowest BCUT2D eigenvalue weighted by Gasteiger charge is -2.16. The van der Waals surface area contributed by atoms with E-state index < -0.39 is 0 Å². The molecule has 1 saturated heterocycles. The highest BCUT2D eigenvalue weighted by Crippen LogP contribution is 2.40. The van der Waals surface area contributed by atoms with E-state index in [0.717, 1.165) is 13.0 Å². The van der Waals surface area contributed by atoms with E-state index in [2.05, 4.69) is 0 Å². The molecule has 1 fully saturated rings. The first-order chi connectivity index (χ1) is 9.19. The Morgan fingerprint density at radius 1 is 1.45 bits per heavy atom. The molecular formula is C13H16Cl2N2O3. The monoisotopic (exact) mass is 318 g/mol. The Hall–Kier alpha value is -1.17. The van der Waals surface area contributed by atoms with Crippen LogP contribution in [-0.2, 0) is 0 Å². The summed E-state index contributed by atoms with van der Waals surface area (Å²) in [5.74, 6) is 1.41. The summed E-state index contributed by atoms with van der Waals surface area (Å²) in [6.07, 6.45) is 0.959. The number of benzene rings is 1. The first-order valence-corrected chi connectivity index (χ1v) is 6.65. The van der Waals surface area contributed by atoms with Gasteiger partial charge in [-0.2, -0.15) is 0 Å². The van der Waals surface area contributed by atoms with Crippen molar-refractivity contribution < 1.29 is 14.3 Å². The Morgan fingerprint density at radius 2 is 2.25 bits per heavy atom. The van der Waals surface area contributed by atoms with E-state index in [1.54, 1.807) is 12.1 Å². The number of hydrogen-bond donors (Lipinski definition) is 1. The normalized spacial score (nSPS) is 19.9. The molecule has 1 aromatic rings. The minimum Gasteiger partial charge on any atom is -0.454 e.